The smallest absolute Gasteiger partial charge is 0.240 e. The van der Waals surface area contributed by atoms with Gasteiger partial charge in [0.1, 0.15) is 5.75 Å². The van der Waals surface area contributed by atoms with Gasteiger partial charge in [0.2, 0.25) is 5.91 Å². The molecule has 24 heavy (non-hydrogen) atoms. The largest absolute Gasteiger partial charge is 0.507 e. The van der Waals surface area contributed by atoms with E-state index in [1.165, 1.54) is 44.9 Å². The number of carbonyl (C=O) groups excluding carboxylic acids is 1. The third kappa shape index (κ3) is 8.70. The van der Waals surface area contributed by atoms with Gasteiger partial charge >= 0.3 is 0 Å². The Kier molecular flexibility index (Phi) is 10.6. The van der Waals surface area contributed by atoms with E-state index in [1.807, 2.05) is 6.07 Å². The van der Waals surface area contributed by atoms with Crippen molar-refractivity contribution < 1.29 is 9.90 Å². The van der Waals surface area contributed by atoms with E-state index in [2.05, 4.69) is 17.5 Å². The molecule has 1 aromatic carbocycles. The minimum atomic E-state index is -0.0623. The lowest BCUT2D eigenvalue weighted by molar-refractivity contribution is -0.121. The van der Waals surface area contributed by atoms with E-state index in [0.717, 1.165) is 12.8 Å². The fraction of sp³-hybridized carbons (Fsp3) is 0.600. The van der Waals surface area contributed by atoms with Crippen LogP contribution in [0.5, 0.6) is 5.75 Å². The first kappa shape index (κ1) is 20.2. The van der Waals surface area contributed by atoms with Crippen molar-refractivity contribution in [2.75, 3.05) is 0 Å². The van der Waals surface area contributed by atoms with Gasteiger partial charge in [-0.05, 0) is 25.5 Å². The molecule has 0 aliphatic heterocycles. The number of nitrogens with zero attached hydrogens (tertiary/aromatic N) is 1. The highest BCUT2D eigenvalue weighted by atomic mass is 16.3. The Morgan fingerprint density at radius 3 is 2.21 bits per heavy atom. The van der Waals surface area contributed by atoms with Crippen LogP contribution in [0.4, 0.5) is 0 Å². The second-order valence-corrected chi connectivity index (χ2v) is 6.33. The first-order chi connectivity index (χ1) is 11.6. The Bertz CT molecular complexity index is 512. The number of rotatable bonds is 12. The van der Waals surface area contributed by atoms with Crippen molar-refractivity contribution in [3.8, 4) is 5.75 Å². The van der Waals surface area contributed by atoms with Crippen LogP contribution in [-0.2, 0) is 4.79 Å². The van der Waals surface area contributed by atoms with Crippen LogP contribution in [0.2, 0.25) is 0 Å². The van der Waals surface area contributed by atoms with Gasteiger partial charge in [0.25, 0.3) is 0 Å². The summed E-state index contributed by atoms with van der Waals surface area (Å²) in [6, 6.07) is 6.98. The first-order valence-corrected chi connectivity index (χ1v) is 9.26. The molecule has 1 aromatic rings. The summed E-state index contributed by atoms with van der Waals surface area (Å²) in [6.45, 7) is 4.01. The van der Waals surface area contributed by atoms with E-state index in [1.54, 1.807) is 25.1 Å². The average Bonchev–Trinajstić information content (AvgIpc) is 2.58. The summed E-state index contributed by atoms with van der Waals surface area (Å²) in [5, 5.41) is 13.8. The number of carbonyl (C=O) groups is 1. The number of amides is 1. The molecule has 0 aliphatic carbocycles. The molecular formula is C20H32N2O2. The highest BCUT2D eigenvalue weighted by Crippen LogP contribution is 2.16. The SMILES string of the molecule is CCCCCCCCCCCC(=O)N/N=C(\C)c1ccccc1O. The Balaban J connectivity index is 2.12. The summed E-state index contributed by atoms with van der Waals surface area (Å²) in [7, 11) is 0. The third-order valence-electron chi connectivity index (χ3n) is 4.15. The van der Waals surface area contributed by atoms with E-state index in [4.69, 9.17) is 0 Å². The zero-order valence-corrected chi connectivity index (χ0v) is 15.2. The number of hydrazone groups is 1. The van der Waals surface area contributed by atoms with Crippen LogP contribution >= 0.6 is 0 Å². The lowest BCUT2D eigenvalue weighted by Gasteiger charge is -2.05. The van der Waals surface area contributed by atoms with Crippen molar-refractivity contribution >= 4 is 11.6 Å². The third-order valence-corrected chi connectivity index (χ3v) is 4.15. The topological polar surface area (TPSA) is 61.7 Å². The highest BCUT2D eigenvalue weighted by molar-refractivity contribution is 6.01. The summed E-state index contributed by atoms with van der Waals surface area (Å²) < 4.78 is 0. The maximum Gasteiger partial charge on any atom is 0.240 e. The van der Waals surface area contributed by atoms with Crippen molar-refractivity contribution in [1.29, 1.82) is 0 Å². The van der Waals surface area contributed by atoms with Gasteiger partial charge in [-0.1, -0.05) is 70.4 Å². The number of benzene rings is 1. The minimum Gasteiger partial charge on any atom is -0.507 e. The fourth-order valence-corrected chi connectivity index (χ4v) is 2.64. The molecule has 0 unspecified atom stereocenters. The molecule has 0 atom stereocenters. The van der Waals surface area contributed by atoms with E-state index >= 15 is 0 Å². The summed E-state index contributed by atoms with van der Waals surface area (Å²) in [6.07, 6.45) is 11.7. The maximum atomic E-state index is 11.8. The number of aromatic hydroxyl groups is 1. The Labute approximate surface area is 146 Å². The van der Waals surface area contributed by atoms with Crippen LogP contribution in [0, 0.1) is 0 Å². The zero-order chi connectivity index (χ0) is 17.6. The van der Waals surface area contributed by atoms with Crippen LogP contribution in [-0.4, -0.2) is 16.7 Å². The monoisotopic (exact) mass is 332 g/mol. The molecule has 0 aromatic heterocycles. The van der Waals surface area contributed by atoms with E-state index in [-0.39, 0.29) is 11.7 Å². The molecule has 0 saturated carbocycles. The molecule has 4 nitrogen and oxygen atoms in total. The van der Waals surface area contributed by atoms with E-state index < -0.39 is 0 Å². The van der Waals surface area contributed by atoms with Gasteiger partial charge in [-0.2, -0.15) is 5.10 Å². The van der Waals surface area contributed by atoms with Crippen LogP contribution < -0.4 is 5.43 Å². The molecular weight excluding hydrogens is 300 g/mol. The molecule has 1 amide bonds. The molecule has 0 heterocycles. The molecule has 0 fully saturated rings. The first-order valence-electron chi connectivity index (χ1n) is 9.26. The molecule has 0 bridgehead atoms. The van der Waals surface area contributed by atoms with Gasteiger partial charge in [-0.15, -0.1) is 0 Å². The van der Waals surface area contributed by atoms with Gasteiger partial charge in [0.15, 0.2) is 0 Å². The van der Waals surface area contributed by atoms with Crippen LogP contribution in [0.1, 0.15) is 83.6 Å². The van der Waals surface area contributed by atoms with Crippen LogP contribution in [0.15, 0.2) is 29.4 Å². The Morgan fingerprint density at radius 1 is 1.00 bits per heavy atom. The number of para-hydroxylation sites is 1. The van der Waals surface area contributed by atoms with Gasteiger partial charge in [0.05, 0.1) is 5.71 Å². The van der Waals surface area contributed by atoms with Crippen molar-refractivity contribution in [1.82, 2.24) is 5.43 Å². The van der Waals surface area contributed by atoms with Gasteiger partial charge in [-0.3, -0.25) is 4.79 Å². The predicted molar refractivity (Wildman–Crippen MR) is 100 cm³/mol. The molecule has 2 N–H and O–H groups in total. The molecule has 0 aliphatic rings. The second-order valence-electron chi connectivity index (χ2n) is 6.33. The van der Waals surface area contributed by atoms with Crippen LogP contribution in [0.25, 0.3) is 0 Å². The molecule has 1 rings (SSSR count). The van der Waals surface area contributed by atoms with Crippen LogP contribution in [0.3, 0.4) is 0 Å². The lowest BCUT2D eigenvalue weighted by Crippen LogP contribution is -2.18. The van der Waals surface area contributed by atoms with E-state index in [9.17, 15) is 9.90 Å². The summed E-state index contributed by atoms with van der Waals surface area (Å²) in [4.78, 5) is 11.8. The molecule has 4 heteroatoms. The normalized spacial score (nSPS) is 11.5. The maximum absolute atomic E-state index is 11.8. The Hall–Kier alpha value is -1.84. The second kappa shape index (κ2) is 12.6. The number of unbranched alkanes of at least 4 members (excludes halogenated alkanes) is 8. The predicted octanol–water partition coefficient (Wildman–Crippen LogP) is 5.15. The van der Waals surface area contributed by atoms with Gasteiger partial charge in [-0.25, -0.2) is 5.43 Å². The number of phenols is 1. The van der Waals surface area contributed by atoms with Gasteiger partial charge in [0, 0.05) is 12.0 Å². The summed E-state index contributed by atoms with van der Waals surface area (Å²) in [5.74, 6) is 0.111. The highest BCUT2D eigenvalue weighted by Gasteiger charge is 2.04. The standard InChI is InChI=1S/C20H32N2O2/c1-3-4-5-6-7-8-9-10-11-16-20(24)22-21-17(2)18-14-12-13-15-19(18)23/h12-15,23H,3-11,16H2,1-2H3,(H,22,24)/b21-17+. The number of phenolic OH excluding ortho intramolecular Hbond substituents is 1. The van der Waals surface area contributed by atoms with Gasteiger partial charge < -0.3 is 5.11 Å². The summed E-state index contributed by atoms with van der Waals surface area (Å²) >= 11 is 0. The molecule has 0 spiro atoms. The van der Waals surface area contributed by atoms with E-state index in [0.29, 0.717) is 17.7 Å². The van der Waals surface area contributed by atoms with Crippen molar-refractivity contribution in [2.45, 2.75) is 78.1 Å². The zero-order valence-electron chi connectivity index (χ0n) is 15.2. The summed E-state index contributed by atoms with van der Waals surface area (Å²) in [5.41, 5.74) is 3.82. The molecule has 0 saturated heterocycles. The minimum absolute atomic E-state index is 0.0623. The number of nitrogens with one attached hydrogen (secondary N) is 1. The number of hydrogen-bond acceptors (Lipinski definition) is 3. The quantitative estimate of drug-likeness (QED) is 0.316. The average molecular weight is 332 g/mol. The molecule has 0 radical (unpaired) electrons. The van der Waals surface area contributed by atoms with Crippen molar-refractivity contribution in [3.05, 3.63) is 29.8 Å². The lowest BCUT2D eigenvalue weighted by atomic mass is 10.1. The molecule has 134 valence electrons. The van der Waals surface area contributed by atoms with Crippen molar-refractivity contribution in [3.63, 3.8) is 0 Å². The fourth-order valence-electron chi connectivity index (χ4n) is 2.64. The number of hydrogen-bond donors (Lipinski definition) is 2. The Morgan fingerprint density at radius 2 is 1.58 bits per heavy atom. The van der Waals surface area contributed by atoms with Crippen molar-refractivity contribution in [2.24, 2.45) is 5.10 Å².